The Bertz CT molecular complexity index is 451. The minimum absolute atomic E-state index is 0.134. The molecule has 0 bridgehead atoms. The van der Waals surface area contributed by atoms with Gasteiger partial charge in [-0.15, -0.1) is 0 Å². The van der Waals surface area contributed by atoms with Crippen LogP contribution in [0.15, 0.2) is 24.3 Å². The fraction of sp³-hybridized carbons (Fsp3) is 0.429. The first-order valence-electron chi connectivity index (χ1n) is 5.74. The zero-order valence-corrected chi connectivity index (χ0v) is 11.0. The number of nitrogens with zero attached hydrogens (tertiary/aromatic N) is 2. The Hall–Kier alpha value is -1.86. The number of methoxy groups -OCH3 is 1. The van der Waals surface area contributed by atoms with E-state index in [1.54, 1.807) is 0 Å². The molecular formula is C14H18N2O2. The molecule has 0 aliphatic carbocycles. The predicted octanol–water partition coefficient (Wildman–Crippen LogP) is 1.75. The van der Waals surface area contributed by atoms with Crippen molar-refractivity contribution in [3.8, 4) is 0 Å². The maximum Gasteiger partial charge on any atom is 0.323 e. The Balaban J connectivity index is 0.000000492. The summed E-state index contributed by atoms with van der Waals surface area (Å²) < 4.78 is 4.79. The van der Waals surface area contributed by atoms with Crippen molar-refractivity contribution in [1.82, 2.24) is 4.90 Å². The van der Waals surface area contributed by atoms with E-state index in [9.17, 15) is 4.79 Å². The van der Waals surface area contributed by atoms with Crippen molar-refractivity contribution < 1.29 is 9.53 Å². The molecule has 0 spiro atoms. The fourth-order valence-corrected chi connectivity index (χ4v) is 2.05. The molecule has 1 aliphatic rings. The highest BCUT2D eigenvalue weighted by Crippen LogP contribution is 2.22. The van der Waals surface area contributed by atoms with Crippen LogP contribution >= 0.6 is 0 Å². The van der Waals surface area contributed by atoms with E-state index in [0.717, 1.165) is 13.0 Å². The number of fused-ring (bicyclic) bond motifs is 1. The minimum Gasteiger partial charge on any atom is -0.468 e. The first kappa shape index (κ1) is 14.2. The van der Waals surface area contributed by atoms with Gasteiger partial charge in [0, 0.05) is 6.54 Å². The van der Waals surface area contributed by atoms with Crippen molar-refractivity contribution in [3.63, 3.8) is 0 Å². The van der Waals surface area contributed by atoms with Crippen molar-refractivity contribution in [3.05, 3.63) is 46.8 Å². The van der Waals surface area contributed by atoms with E-state index in [0.29, 0.717) is 0 Å². The summed E-state index contributed by atoms with van der Waals surface area (Å²) in [5.41, 5.74) is 2.56. The van der Waals surface area contributed by atoms with Crippen LogP contribution in [0, 0.1) is 6.57 Å². The van der Waals surface area contributed by atoms with Crippen LogP contribution in [0.5, 0.6) is 0 Å². The molecule has 1 aromatic rings. The van der Waals surface area contributed by atoms with Gasteiger partial charge < -0.3 is 9.58 Å². The summed E-state index contributed by atoms with van der Waals surface area (Å²) in [5, 5.41) is 0. The summed E-state index contributed by atoms with van der Waals surface area (Å²) in [4.78, 5) is 16.3. The molecule has 1 heterocycles. The quantitative estimate of drug-likeness (QED) is 0.559. The lowest BCUT2D eigenvalue weighted by Crippen LogP contribution is -2.43. The lowest BCUT2D eigenvalue weighted by Gasteiger charge is -2.31. The Morgan fingerprint density at radius 1 is 1.44 bits per heavy atom. The van der Waals surface area contributed by atoms with Gasteiger partial charge in [0.1, 0.15) is 6.04 Å². The number of ether oxygens (including phenoxy) is 1. The van der Waals surface area contributed by atoms with E-state index in [2.05, 4.69) is 17.0 Å². The number of carbonyl (C=O) groups is 1. The van der Waals surface area contributed by atoms with Gasteiger partial charge in [0.05, 0.1) is 7.11 Å². The molecule has 4 heteroatoms. The van der Waals surface area contributed by atoms with Gasteiger partial charge in [0.15, 0.2) is 0 Å². The van der Waals surface area contributed by atoms with Crippen LogP contribution in [0.4, 0.5) is 0 Å². The number of likely N-dealkylation sites (N-methyl/N-ethyl adjacent to an activating group) is 1. The normalized spacial score (nSPS) is 17.8. The second-order valence-corrected chi connectivity index (χ2v) is 4.15. The van der Waals surface area contributed by atoms with E-state index < -0.39 is 0 Å². The Kier molecular flexibility index (Phi) is 5.34. The Morgan fingerprint density at radius 2 is 2.00 bits per heavy atom. The lowest BCUT2D eigenvalue weighted by atomic mass is 9.94. The van der Waals surface area contributed by atoms with Gasteiger partial charge >= 0.3 is 5.97 Å². The maximum absolute atomic E-state index is 11.5. The molecule has 1 atom stereocenters. The van der Waals surface area contributed by atoms with Crippen molar-refractivity contribution in [1.29, 1.82) is 0 Å². The molecule has 1 aliphatic heterocycles. The summed E-state index contributed by atoms with van der Waals surface area (Å²) in [6.45, 7) is 6.65. The van der Waals surface area contributed by atoms with Crippen LogP contribution < -0.4 is 0 Å². The second kappa shape index (κ2) is 6.77. The van der Waals surface area contributed by atoms with Gasteiger partial charge in [0.2, 0.25) is 7.05 Å². The van der Waals surface area contributed by atoms with Gasteiger partial charge in [-0.3, -0.25) is 9.69 Å². The molecule has 18 heavy (non-hydrogen) atoms. The topological polar surface area (TPSA) is 33.9 Å². The molecule has 1 aromatic carbocycles. The van der Waals surface area contributed by atoms with E-state index >= 15 is 0 Å². The van der Waals surface area contributed by atoms with Gasteiger partial charge in [-0.2, -0.15) is 0 Å². The molecule has 0 saturated heterocycles. The highest BCUT2D eigenvalue weighted by Gasteiger charge is 2.29. The first-order valence-corrected chi connectivity index (χ1v) is 5.74. The second-order valence-electron chi connectivity index (χ2n) is 4.15. The molecule has 0 aromatic heterocycles. The van der Waals surface area contributed by atoms with Crippen LogP contribution in [0.2, 0.25) is 0 Å². The zero-order chi connectivity index (χ0) is 13.5. The third-order valence-electron chi connectivity index (χ3n) is 2.96. The van der Waals surface area contributed by atoms with Gasteiger partial charge in [0.25, 0.3) is 0 Å². The van der Waals surface area contributed by atoms with Crippen molar-refractivity contribution in [2.75, 3.05) is 21.2 Å². The van der Waals surface area contributed by atoms with E-state index in [1.165, 1.54) is 25.3 Å². The van der Waals surface area contributed by atoms with Crippen LogP contribution in [-0.2, 0) is 22.5 Å². The van der Waals surface area contributed by atoms with Gasteiger partial charge in [-0.1, -0.05) is 24.3 Å². The first-order chi connectivity index (χ1) is 8.63. The SMILES string of the molecule is COC(=O)C1Cc2ccccc2CN1C.[C-]#[N+]C. The van der Waals surface area contributed by atoms with Crippen LogP contribution in [-0.4, -0.2) is 38.1 Å². The molecule has 2 rings (SSSR count). The third kappa shape index (κ3) is 3.31. The van der Waals surface area contributed by atoms with E-state index in [4.69, 9.17) is 11.3 Å². The van der Waals surface area contributed by atoms with Crippen molar-refractivity contribution in [2.24, 2.45) is 0 Å². The molecule has 1 unspecified atom stereocenters. The highest BCUT2D eigenvalue weighted by atomic mass is 16.5. The average molecular weight is 246 g/mol. The summed E-state index contributed by atoms with van der Waals surface area (Å²) in [7, 11) is 4.81. The number of hydrogen-bond acceptors (Lipinski definition) is 3. The number of rotatable bonds is 1. The molecule has 0 fully saturated rings. The molecule has 4 nitrogen and oxygen atoms in total. The fourth-order valence-electron chi connectivity index (χ4n) is 2.05. The van der Waals surface area contributed by atoms with Crippen LogP contribution in [0.3, 0.4) is 0 Å². The molecule has 0 saturated carbocycles. The third-order valence-corrected chi connectivity index (χ3v) is 2.96. The molecule has 0 N–H and O–H groups in total. The van der Waals surface area contributed by atoms with Crippen molar-refractivity contribution in [2.45, 2.75) is 19.0 Å². The summed E-state index contributed by atoms with van der Waals surface area (Å²) in [5.74, 6) is -0.146. The monoisotopic (exact) mass is 246 g/mol. The number of carbonyl (C=O) groups excluding carboxylic acids is 1. The molecule has 0 amide bonds. The largest absolute Gasteiger partial charge is 0.468 e. The van der Waals surface area contributed by atoms with Crippen LogP contribution in [0.25, 0.3) is 4.85 Å². The number of esters is 1. The average Bonchev–Trinajstić information content (AvgIpc) is 2.38. The number of hydrogen-bond donors (Lipinski definition) is 0. The standard InChI is InChI=1S/C12H15NO2.C2H3N/c1-13-8-10-6-4-3-5-9(10)7-11(13)12(14)15-2;1-3-2/h3-6,11H,7-8H2,1-2H3;1H3. The van der Waals surface area contributed by atoms with Gasteiger partial charge in [-0.05, 0) is 24.6 Å². The maximum atomic E-state index is 11.5. The molecule has 0 radical (unpaired) electrons. The zero-order valence-electron chi connectivity index (χ0n) is 11.0. The Morgan fingerprint density at radius 3 is 2.56 bits per heavy atom. The number of benzene rings is 1. The highest BCUT2D eigenvalue weighted by molar-refractivity contribution is 5.76. The smallest absolute Gasteiger partial charge is 0.323 e. The summed E-state index contributed by atoms with van der Waals surface area (Å²) in [6, 6.07) is 8.10. The van der Waals surface area contributed by atoms with E-state index in [-0.39, 0.29) is 12.0 Å². The predicted molar refractivity (Wildman–Crippen MR) is 69.9 cm³/mol. The Labute approximate surface area is 108 Å². The van der Waals surface area contributed by atoms with E-state index in [1.807, 2.05) is 24.1 Å². The van der Waals surface area contributed by atoms with Crippen LogP contribution in [0.1, 0.15) is 11.1 Å². The minimum atomic E-state index is -0.146. The molecule has 96 valence electrons. The summed E-state index contributed by atoms with van der Waals surface area (Å²) >= 11 is 0. The lowest BCUT2D eigenvalue weighted by molar-refractivity contribution is -0.147. The van der Waals surface area contributed by atoms with Gasteiger partial charge in [-0.25, -0.2) is 6.57 Å². The van der Waals surface area contributed by atoms with Crippen molar-refractivity contribution >= 4 is 5.97 Å². The summed E-state index contributed by atoms with van der Waals surface area (Å²) in [6.07, 6.45) is 0.749. The molecular weight excluding hydrogens is 228 g/mol.